The van der Waals surface area contributed by atoms with Gasteiger partial charge in [0.2, 0.25) is 5.95 Å². The molecule has 0 bridgehead atoms. The number of benzene rings is 1. The predicted octanol–water partition coefficient (Wildman–Crippen LogP) is 4.17. The number of anilines is 3. The van der Waals surface area contributed by atoms with Crippen LogP contribution in [-0.4, -0.2) is 20.9 Å². The first kappa shape index (κ1) is 16.2. The van der Waals surface area contributed by atoms with E-state index in [0.717, 1.165) is 0 Å². The second-order valence-corrected chi connectivity index (χ2v) is 5.47. The molecule has 1 aromatic carbocycles. The molecule has 0 spiro atoms. The van der Waals surface area contributed by atoms with Crippen molar-refractivity contribution in [2.24, 2.45) is 0 Å². The molecule has 120 valence electrons. The summed E-state index contributed by atoms with van der Waals surface area (Å²) in [6, 6.07) is 11.8. The number of hydrogen-bond donors (Lipinski definition) is 2. The molecule has 0 aliphatic carbocycles. The van der Waals surface area contributed by atoms with Gasteiger partial charge < -0.3 is 10.6 Å². The van der Waals surface area contributed by atoms with Crippen LogP contribution < -0.4 is 10.6 Å². The molecule has 0 aliphatic heterocycles. The predicted molar refractivity (Wildman–Crippen MR) is 94.0 cm³/mol. The second kappa shape index (κ2) is 7.25. The Labute approximate surface area is 147 Å². The summed E-state index contributed by atoms with van der Waals surface area (Å²) in [5.41, 5.74) is 0.193. The lowest BCUT2D eigenvalue weighted by Crippen LogP contribution is -2.14. The Kier molecular flexibility index (Phi) is 4.88. The van der Waals surface area contributed by atoms with Gasteiger partial charge in [0, 0.05) is 12.4 Å². The lowest BCUT2D eigenvalue weighted by Gasteiger charge is -2.09. The van der Waals surface area contributed by atoms with Gasteiger partial charge in [-0.2, -0.15) is 4.98 Å². The smallest absolute Gasteiger partial charge is 0.259 e. The average molecular weight is 360 g/mol. The molecule has 0 atom stereocenters. The Hall–Kier alpha value is -2.70. The van der Waals surface area contributed by atoms with Crippen molar-refractivity contribution in [3.05, 3.63) is 70.5 Å². The highest BCUT2D eigenvalue weighted by atomic mass is 35.5. The monoisotopic (exact) mass is 359 g/mol. The molecule has 24 heavy (non-hydrogen) atoms. The fourth-order valence-corrected chi connectivity index (χ4v) is 2.50. The standard InChI is InChI=1S/C16H11Cl2N5O/c17-10-4-3-5-11(18)14(10)15(24)21-13-7-9-20-16(23-13)22-12-6-1-2-8-19-12/h1-9H,(H2,19,20,21,22,23,24). The third-order valence-electron chi connectivity index (χ3n) is 2.99. The van der Waals surface area contributed by atoms with E-state index >= 15 is 0 Å². The lowest BCUT2D eigenvalue weighted by molar-refractivity contribution is 0.102. The van der Waals surface area contributed by atoms with E-state index in [0.29, 0.717) is 17.6 Å². The van der Waals surface area contributed by atoms with E-state index < -0.39 is 5.91 Å². The number of carbonyl (C=O) groups is 1. The van der Waals surface area contributed by atoms with E-state index in [2.05, 4.69) is 25.6 Å². The molecule has 0 radical (unpaired) electrons. The van der Waals surface area contributed by atoms with Crippen molar-refractivity contribution in [2.75, 3.05) is 10.6 Å². The summed E-state index contributed by atoms with van der Waals surface area (Å²) in [6.45, 7) is 0. The molecule has 3 rings (SSSR count). The molecule has 0 saturated heterocycles. The molecule has 3 aromatic rings. The fourth-order valence-electron chi connectivity index (χ4n) is 1.93. The number of amides is 1. The van der Waals surface area contributed by atoms with Crippen LogP contribution in [0.1, 0.15) is 10.4 Å². The quantitative estimate of drug-likeness (QED) is 0.730. The maximum absolute atomic E-state index is 12.4. The van der Waals surface area contributed by atoms with E-state index in [9.17, 15) is 4.79 Å². The molecule has 0 aliphatic rings. The first-order valence-corrected chi connectivity index (χ1v) is 7.65. The largest absolute Gasteiger partial charge is 0.309 e. The molecular formula is C16H11Cl2N5O. The minimum absolute atomic E-state index is 0.193. The van der Waals surface area contributed by atoms with Crippen molar-refractivity contribution in [1.82, 2.24) is 15.0 Å². The third-order valence-corrected chi connectivity index (χ3v) is 3.62. The molecule has 6 nitrogen and oxygen atoms in total. The highest BCUT2D eigenvalue weighted by Crippen LogP contribution is 2.25. The Morgan fingerprint density at radius 2 is 1.67 bits per heavy atom. The zero-order valence-electron chi connectivity index (χ0n) is 12.2. The first-order chi connectivity index (χ1) is 11.6. The highest BCUT2D eigenvalue weighted by Gasteiger charge is 2.15. The first-order valence-electron chi connectivity index (χ1n) is 6.90. The van der Waals surface area contributed by atoms with Gasteiger partial charge in [-0.3, -0.25) is 4.79 Å². The van der Waals surface area contributed by atoms with Crippen LogP contribution in [0.3, 0.4) is 0 Å². The summed E-state index contributed by atoms with van der Waals surface area (Å²) >= 11 is 12.1. The summed E-state index contributed by atoms with van der Waals surface area (Å²) in [6.07, 6.45) is 3.16. The van der Waals surface area contributed by atoms with Crippen molar-refractivity contribution < 1.29 is 4.79 Å². The highest BCUT2D eigenvalue weighted by molar-refractivity contribution is 6.40. The topological polar surface area (TPSA) is 79.8 Å². The maximum atomic E-state index is 12.4. The minimum atomic E-state index is -0.451. The summed E-state index contributed by atoms with van der Waals surface area (Å²) in [7, 11) is 0. The number of nitrogens with one attached hydrogen (secondary N) is 2. The maximum Gasteiger partial charge on any atom is 0.259 e. The molecule has 1 amide bonds. The molecular weight excluding hydrogens is 349 g/mol. The summed E-state index contributed by atoms with van der Waals surface area (Å²) in [4.78, 5) is 24.8. The van der Waals surface area contributed by atoms with Crippen LogP contribution in [0.4, 0.5) is 17.6 Å². The van der Waals surface area contributed by atoms with Gasteiger partial charge in [-0.1, -0.05) is 35.3 Å². The van der Waals surface area contributed by atoms with Gasteiger partial charge in [0.1, 0.15) is 11.6 Å². The van der Waals surface area contributed by atoms with E-state index in [1.54, 1.807) is 42.6 Å². The summed E-state index contributed by atoms with van der Waals surface area (Å²) < 4.78 is 0. The van der Waals surface area contributed by atoms with Gasteiger partial charge in [-0.05, 0) is 30.3 Å². The number of aromatic nitrogens is 3. The Balaban J connectivity index is 1.78. The van der Waals surface area contributed by atoms with Crippen LogP contribution in [-0.2, 0) is 0 Å². The second-order valence-electron chi connectivity index (χ2n) is 4.66. The van der Waals surface area contributed by atoms with Gasteiger partial charge in [0.05, 0.1) is 15.6 Å². The normalized spacial score (nSPS) is 10.2. The fraction of sp³-hybridized carbons (Fsp3) is 0. The zero-order valence-corrected chi connectivity index (χ0v) is 13.7. The molecule has 2 N–H and O–H groups in total. The summed E-state index contributed by atoms with van der Waals surface area (Å²) in [5.74, 6) is 0.754. The minimum Gasteiger partial charge on any atom is -0.309 e. The lowest BCUT2D eigenvalue weighted by atomic mass is 10.2. The number of hydrogen-bond acceptors (Lipinski definition) is 5. The SMILES string of the molecule is O=C(Nc1ccnc(Nc2ccccn2)n1)c1c(Cl)cccc1Cl. The van der Waals surface area contributed by atoms with E-state index in [1.165, 1.54) is 6.20 Å². The van der Waals surface area contributed by atoms with Crippen molar-refractivity contribution in [3.8, 4) is 0 Å². The molecule has 0 fully saturated rings. The van der Waals surface area contributed by atoms with Gasteiger partial charge in [0.25, 0.3) is 5.91 Å². The van der Waals surface area contributed by atoms with Crippen LogP contribution >= 0.6 is 23.2 Å². The van der Waals surface area contributed by atoms with Crippen LogP contribution in [0.25, 0.3) is 0 Å². The molecule has 0 unspecified atom stereocenters. The Bertz CT molecular complexity index is 853. The molecule has 2 aromatic heterocycles. The van der Waals surface area contributed by atoms with Crippen LogP contribution in [0.2, 0.25) is 10.0 Å². The zero-order chi connectivity index (χ0) is 16.9. The van der Waals surface area contributed by atoms with E-state index in [-0.39, 0.29) is 15.6 Å². The van der Waals surface area contributed by atoms with E-state index in [1.807, 2.05) is 6.07 Å². The molecule has 2 heterocycles. The van der Waals surface area contributed by atoms with Crippen LogP contribution in [0, 0.1) is 0 Å². The Morgan fingerprint density at radius 3 is 2.38 bits per heavy atom. The van der Waals surface area contributed by atoms with Crippen molar-refractivity contribution in [1.29, 1.82) is 0 Å². The number of nitrogens with zero attached hydrogens (tertiary/aromatic N) is 3. The summed E-state index contributed by atoms with van der Waals surface area (Å²) in [5, 5.41) is 6.12. The van der Waals surface area contributed by atoms with Crippen LogP contribution in [0.15, 0.2) is 54.9 Å². The number of carbonyl (C=O) groups excluding carboxylic acids is 1. The van der Waals surface area contributed by atoms with Crippen molar-refractivity contribution in [3.63, 3.8) is 0 Å². The van der Waals surface area contributed by atoms with Gasteiger partial charge in [0.15, 0.2) is 0 Å². The number of halogens is 2. The van der Waals surface area contributed by atoms with Crippen molar-refractivity contribution in [2.45, 2.75) is 0 Å². The average Bonchev–Trinajstić information content (AvgIpc) is 2.56. The van der Waals surface area contributed by atoms with Crippen LogP contribution in [0.5, 0.6) is 0 Å². The van der Waals surface area contributed by atoms with Gasteiger partial charge in [-0.25, -0.2) is 9.97 Å². The van der Waals surface area contributed by atoms with Gasteiger partial charge in [-0.15, -0.1) is 0 Å². The number of pyridine rings is 1. The Morgan fingerprint density at radius 1 is 0.875 bits per heavy atom. The molecule has 8 heteroatoms. The third kappa shape index (κ3) is 3.79. The van der Waals surface area contributed by atoms with Crippen molar-refractivity contribution >= 4 is 46.7 Å². The molecule has 0 saturated carbocycles. The van der Waals surface area contributed by atoms with Gasteiger partial charge >= 0.3 is 0 Å². The van der Waals surface area contributed by atoms with E-state index in [4.69, 9.17) is 23.2 Å². The number of rotatable bonds is 4.